The van der Waals surface area contributed by atoms with Crippen molar-refractivity contribution in [2.75, 3.05) is 13.1 Å². The second-order valence-corrected chi connectivity index (χ2v) is 5.78. The molecule has 1 aromatic heterocycles. The van der Waals surface area contributed by atoms with Gasteiger partial charge in [-0.15, -0.1) is 0 Å². The zero-order valence-electron chi connectivity index (χ0n) is 12.0. The van der Waals surface area contributed by atoms with Gasteiger partial charge >= 0.3 is 0 Å². The third-order valence-electron chi connectivity index (χ3n) is 4.27. The lowest BCUT2D eigenvalue weighted by atomic mass is 9.93. The van der Waals surface area contributed by atoms with Crippen LogP contribution in [-0.4, -0.2) is 40.1 Å². The van der Waals surface area contributed by atoms with E-state index < -0.39 is 6.10 Å². The van der Waals surface area contributed by atoms with E-state index in [1.165, 1.54) is 6.07 Å². The van der Waals surface area contributed by atoms with Crippen LogP contribution in [0, 0.1) is 11.7 Å². The minimum Gasteiger partial charge on any atom is -0.393 e. The van der Waals surface area contributed by atoms with E-state index in [-0.39, 0.29) is 17.6 Å². The number of aromatic nitrogens is 1. The largest absolute Gasteiger partial charge is 0.393 e. The van der Waals surface area contributed by atoms with E-state index in [2.05, 4.69) is 4.98 Å². The molecule has 1 fully saturated rings. The van der Waals surface area contributed by atoms with Crippen LogP contribution in [-0.2, 0) is 0 Å². The molecule has 2 atom stereocenters. The summed E-state index contributed by atoms with van der Waals surface area (Å²) in [6, 6.07) is 6.32. The van der Waals surface area contributed by atoms with Crippen molar-refractivity contribution in [1.82, 2.24) is 9.88 Å². The van der Waals surface area contributed by atoms with Crippen LogP contribution in [0.2, 0.25) is 0 Å². The molecule has 1 saturated heterocycles. The fraction of sp³-hybridized carbons (Fsp3) is 0.438. The average Bonchev–Trinajstić information content (AvgIpc) is 2.92. The second kappa shape index (κ2) is 5.48. The number of piperidine rings is 1. The molecule has 5 heteroatoms. The SMILES string of the molecule is CC(O)C1CCCN(C(=O)c2cc3c(F)cccc3[nH]2)C1. The molecule has 0 spiro atoms. The van der Waals surface area contributed by atoms with E-state index in [9.17, 15) is 14.3 Å². The highest BCUT2D eigenvalue weighted by Crippen LogP contribution is 2.23. The molecule has 1 amide bonds. The minimum atomic E-state index is -0.416. The highest BCUT2D eigenvalue weighted by Gasteiger charge is 2.27. The van der Waals surface area contributed by atoms with Crippen molar-refractivity contribution in [1.29, 1.82) is 0 Å². The summed E-state index contributed by atoms with van der Waals surface area (Å²) < 4.78 is 13.7. The Labute approximate surface area is 122 Å². The van der Waals surface area contributed by atoms with E-state index >= 15 is 0 Å². The number of carbonyl (C=O) groups is 1. The van der Waals surface area contributed by atoms with Crippen LogP contribution in [0.5, 0.6) is 0 Å². The van der Waals surface area contributed by atoms with Crippen LogP contribution in [0.15, 0.2) is 24.3 Å². The van der Waals surface area contributed by atoms with Gasteiger partial charge in [0.15, 0.2) is 0 Å². The Morgan fingerprint density at radius 1 is 1.52 bits per heavy atom. The predicted molar refractivity (Wildman–Crippen MR) is 78.6 cm³/mol. The fourth-order valence-electron chi connectivity index (χ4n) is 2.99. The molecule has 1 aromatic carbocycles. The third-order valence-corrected chi connectivity index (χ3v) is 4.27. The van der Waals surface area contributed by atoms with Crippen molar-refractivity contribution < 1.29 is 14.3 Å². The molecule has 0 radical (unpaired) electrons. The number of carbonyl (C=O) groups excluding carboxylic acids is 1. The van der Waals surface area contributed by atoms with Gasteiger partial charge in [0, 0.05) is 29.9 Å². The first-order valence-electron chi connectivity index (χ1n) is 7.31. The number of aliphatic hydroxyl groups is 1. The standard InChI is InChI=1S/C16H19FN2O2/c1-10(20)11-4-3-7-19(9-11)16(21)15-8-12-13(17)5-2-6-14(12)18-15/h2,5-6,8,10-11,18,20H,3-4,7,9H2,1H3. The van der Waals surface area contributed by atoms with E-state index in [1.54, 1.807) is 30.0 Å². The summed E-state index contributed by atoms with van der Waals surface area (Å²) in [4.78, 5) is 17.3. The number of likely N-dealkylation sites (tertiary alicyclic amines) is 1. The lowest BCUT2D eigenvalue weighted by molar-refractivity contribution is 0.0462. The molecular formula is C16H19FN2O2. The van der Waals surface area contributed by atoms with Crippen LogP contribution in [0.4, 0.5) is 4.39 Å². The molecule has 1 aliphatic rings. The van der Waals surface area contributed by atoms with Gasteiger partial charge < -0.3 is 15.0 Å². The number of hydrogen-bond acceptors (Lipinski definition) is 2. The molecule has 0 saturated carbocycles. The number of benzene rings is 1. The summed E-state index contributed by atoms with van der Waals surface area (Å²) in [5.41, 5.74) is 1.03. The number of aliphatic hydroxyl groups excluding tert-OH is 1. The highest BCUT2D eigenvalue weighted by atomic mass is 19.1. The lowest BCUT2D eigenvalue weighted by Gasteiger charge is -2.33. The number of amides is 1. The average molecular weight is 290 g/mol. The maximum Gasteiger partial charge on any atom is 0.270 e. The normalized spacial score (nSPS) is 20.7. The fourth-order valence-corrected chi connectivity index (χ4v) is 2.99. The number of hydrogen-bond donors (Lipinski definition) is 2. The molecular weight excluding hydrogens is 271 g/mol. The van der Waals surface area contributed by atoms with E-state index in [0.29, 0.717) is 29.7 Å². The van der Waals surface area contributed by atoms with Crippen LogP contribution in [0.25, 0.3) is 10.9 Å². The second-order valence-electron chi connectivity index (χ2n) is 5.78. The molecule has 1 aliphatic heterocycles. The van der Waals surface area contributed by atoms with Crippen LogP contribution >= 0.6 is 0 Å². The van der Waals surface area contributed by atoms with Gasteiger partial charge in [-0.1, -0.05) is 6.07 Å². The summed E-state index contributed by atoms with van der Waals surface area (Å²) in [6.07, 6.45) is 1.40. The number of nitrogens with one attached hydrogen (secondary N) is 1. The first kappa shape index (κ1) is 14.1. The number of nitrogens with zero attached hydrogens (tertiary/aromatic N) is 1. The molecule has 4 nitrogen and oxygen atoms in total. The number of fused-ring (bicyclic) bond motifs is 1. The summed E-state index contributed by atoms with van der Waals surface area (Å²) in [5.74, 6) is -0.344. The molecule has 2 heterocycles. The predicted octanol–water partition coefficient (Wildman–Crippen LogP) is 2.54. The summed E-state index contributed by atoms with van der Waals surface area (Å²) in [5, 5.41) is 10.1. The maximum atomic E-state index is 13.7. The molecule has 2 N–H and O–H groups in total. The van der Waals surface area contributed by atoms with Crippen molar-refractivity contribution in [3.05, 3.63) is 35.8 Å². The number of aromatic amines is 1. The number of halogens is 1. The van der Waals surface area contributed by atoms with Gasteiger partial charge in [-0.2, -0.15) is 0 Å². The van der Waals surface area contributed by atoms with Gasteiger partial charge in [0.05, 0.1) is 6.10 Å². The summed E-state index contributed by atoms with van der Waals surface area (Å²) in [7, 11) is 0. The zero-order valence-corrected chi connectivity index (χ0v) is 12.0. The third kappa shape index (κ3) is 2.65. The van der Waals surface area contributed by atoms with E-state index in [1.807, 2.05) is 0 Å². The summed E-state index contributed by atoms with van der Waals surface area (Å²) >= 11 is 0. The Bertz CT molecular complexity index is 665. The molecule has 2 aromatic rings. The van der Waals surface area contributed by atoms with Gasteiger partial charge in [-0.25, -0.2) is 4.39 Å². The molecule has 0 aliphatic carbocycles. The maximum absolute atomic E-state index is 13.7. The van der Waals surface area contributed by atoms with Crippen LogP contribution in [0.1, 0.15) is 30.3 Å². The number of rotatable bonds is 2. The molecule has 3 rings (SSSR count). The quantitative estimate of drug-likeness (QED) is 0.893. The molecule has 2 unspecified atom stereocenters. The highest BCUT2D eigenvalue weighted by molar-refractivity contribution is 5.98. The lowest BCUT2D eigenvalue weighted by Crippen LogP contribution is -2.43. The van der Waals surface area contributed by atoms with Crippen molar-refractivity contribution in [3.63, 3.8) is 0 Å². The van der Waals surface area contributed by atoms with Crippen molar-refractivity contribution >= 4 is 16.8 Å². The summed E-state index contributed by atoms with van der Waals surface area (Å²) in [6.45, 7) is 2.99. The van der Waals surface area contributed by atoms with E-state index in [4.69, 9.17) is 0 Å². The van der Waals surface area contributed by atoms with Crippen molar-refractivity contribution in [2.24, 2.45) is 5.92 Å². The Hall–Kier alpha value is -1.88. The Morgan fingerprint density at radius 3 is 3.05 bits per heavy atom. The van der Waals surface area contributed by atoms with Crippen molar-refractivity contribution in [3.8, 4) is 0 Å². The van der Waals surface area contributed by atoms with Gasteiger partial charge in [0.25, 0.3) is 5.91 Å². The zero-order chi connectivity index (χ0) is 15.0. The smallest absolute Gasteiger partial charge is 0.270 e. The van der Waals surface area contributed by atoms with E-state index in [0.717, 1.165) is 12.8 Å². The van der Waals surface area contributed by atoms with Crippen LogP contribution < -0.4 is 0 Å². The molecule has 0 bridgehead atoms. The van der Waals surface area contributed by atoms with Gasteiger partial charge in [0.2, 0.25) is 0 Å². The Morgan fingerprint density at radius 2 is 2.33 bits per heavy atom. The first-order chi connectivity index (χ1) is 10.1. The van der Waals surface area contributed by atoms with Crippen LogP contribution in [0.3, 0.4) is 0 Å². The monoisotopic (exact) mass is 290 g/mol. The number of H-pyrrole nitrogens is 1. The Kier molecular flexibility index (Phi) is 3.68. The molecule has 112 valence electrons. The Balaban J connectivity index is 1.84. The minimum absolute atomic E-state index is 0.115. The van der Waals surface area contributed by atoms with Crippen molar-refractivity contribution in [2.45, 2.75) is 25.9 Å². The van der Waals surface area contributed by atoms with Gasteiger partial charge in [-0.05, 0) is 38.0 Å². The molecule has 21 heavy (non-hydrogen) atoms. The van der Waals surface area contributed by atoms with Gasteiger partial charge in [0.1, 0.15) is 11.5 Å². The first-order valence-corrected chi connectivity index (χ1v) is 7.31. The topological polar surface area (TPSA) is 56.3 Å². The van der Waals surface area contributed by atoms with Gasteiger partial charge in [-0.3, -0.25) is 4.79 Å².